The second kappa shape index (κ2) is 5.72. The molecule has 0 aliphatic heterocycles. The van der Waals surface area contributed by atoms with Crippen molar-refractivity contribution in [3.05, 3.63) is 53.4 Å². The van der Waals surface area contributed by atoms with Gasteiger partial charge in [-0.2, -0.15) is 0 Å². The molecular formula is C18H17N5S. The summed E-state index contributed by atoms with van der Waals surface area (Å²) in [5, 5.41) is 7.22. The summed E-state index contributed by atoms with van der Waals surface area (Å²) in [6, 6.07) is 10.1. The van der Waals surface area contributed by atoms with E-state index in [2.05, 4.69) is 52.2 Å². The number of benzene rings is 1. The van der Waals surface area contributed by atoms with Crippen LogP contribution in [0.2, 0.25) is 0 Å². The molecule has 5 nitrogen and oxygen atoms in total. The van der Waals surface area contributed by atoms with E-state index in [-0.39, 0.29) is 0 Å². The Kier molecular flexibility index (Phi) is 3.54. The number of hydrogen-bond acceptors (Lipinski definition) is 5. The average molecular weight is 335 g/mol. The summed E-state index contributed by atoms with van der Waals surface area (Å²) in [5.74, 6) is 0.780. The molecular weight excluding hydrogens is 318 g/mol. The third kappa shape index (κ3) is 2.45. The molecule has 6 heteroatoms. The first-order chi connectivity index (χ1) is 11.6. The zero-order valence-electron chi connectivity index (χ0n) is 13.7. The lowest BCUT2D eigenvalue weighted by Crippen LogP contribution is -1.95. The molecule has 1 N–H and O–H groups in total. The van der Waals surface area contributed by atoms with Crippen LogP contribution in [-0.4, -0.2) is 19.5 Å². The predicted octanol–water partition coefficient (Wildman–Crippen LogP) is 4.45. The molecule has 0 saturated heterocycles. The molecule has 3 aromatic heterocycles. The number of aromatic nitrogens is 4. The molecule has 24 heavy (non-hydrogen) atoms. The van der Waals surface area contributed by atoms with Crippen LogP contribution in [0.4, 0.5) is 10.9 Å². The van der Waals surface area contributed by atoms with Crippen molar-refractivity contribution in [3.8, 4) is 11.3 Å². The van der Waals surface area contributed by atoms with Crippen LogP contribution in [0.15, 0.2) is 42.0 Å². The maximum Gasteiger partial charge on any atom is 0.188 e. The van der Waals surface area contributed by atoms with Gasteiger partial charge in [-0.15, -0.1) is 11.3 Å². The van der Waals surface area contributed by atoms with Gasteiger partial charge in [0.1, 0.15) is 12.1 Å². The lowest BCUT2D eigenvalue weighted by molar-refractivity contribution is 0.845. The smallest absolute Gasteiger partial charge is 0.188 e. The quantitative estimate of drug-likeness (QED) is 0.601. The van der Waals surface area contributed by atoms with E-state index < -0.39 is 0 Å². The molecule has 120 valence electrons. The van der Waals surface area contributed by atoms with Crippen LogP contribution in [0.1, 0.15) is 11.4 Å². The highest BCUT2D eigenvalue weighted by Gasteiger charge is 2.12. The van der Waals surface area contributed by atoms with Gasteiger partial charge in [-0.1, -0.05) is 12.1 Å². The molecule has 3 heterocycles. The molecule has 0 aliphatic carbocycles. The highest BCUT2D eigenvalue weighted by molar-refractivity contribution is 7.14. The SMILES string of the molecule is Cc1cc(-c2csc(Nc3ncnc4ccccc34)n2)c(C)n1C. The maximum atomic E-state index is 4.73. The minimum Gasteiger partial charge on any atom is -0.351 e. The first-order valence-corrected chi connectivity index (χ1v) is 8.57. The van der Waals surface area contributed by atoms with Crippen molar-refractivity contribution in [1.82, 2.24) is 19.5 Å². The Morgan fingerprint density at radius 3 is 2.75 bits per heavy atom. The van der Waals surface area contributed by atoms with Gasteiger partial charge in [-0.3, -0.25) is 0 Å². The molecule has 0 bridgehead atoms. The van der Waals surface area contributed by atoms with Crippen molar-refractivity contribution >= 4 is 33.2 Å². The zero-order valence-corrected chi connectivity index (χ0v) is 14.6. The maximum absolute atomic E-state index is 4.73. The van der Waals surface area contributed by atoms with Gasteiger partial charge in [0.25, 0.3) is 0 Å². The molecule has 0 saturated carbocycles. The Morgan fingerprint density at radius 1 is 1.12 bits per heavy atom. The number of hydrogen-bond donors (Lipinski definition) is 1. The average Bonchev–Trinajstić information content (AvgIpc) is 3.15. The largest absolute Gasteiger partial charge is 0.351 e. The lowest BCUT2D eigenvalue weighted by Gasteiger charge is -2.05. The topological polar surface area (TPSA) is 55.6 Å². The van der Waals surface area contributed by atoms with E-state index in [1.54, 1.807) is 17.7 Å². The molecule has 4 rings (SSSR count). The third-order valence-electron chi connectivity index (χ3n) is 4.32. The van der Waals surface area contributed by atoms with Gasteiger partial charge in [0.15, 0.2) is 5.13 Å². The second-order valence-corrected chi connectivity index (χ2v) is 6.60. The van der Waals surface area contributed by atoms with Gasteiger partial charge in [-0.25, -0.2) is 15.0 Å². The zero-order chi connectivity index (χ0) is 16.7. The number of nitrogens with zero attached hydrogens (tertiary/aromatic N) is 4. The summed E-state index contributed by atoms with van der Waals surface area (Å²) >= 11 is 1.58. The van der Waals surface area contributed by atoms with Crippen molar-refractivity contribution in [1.29, 1.82) is 0 Å². The molecule has 0 fully saturated rings. The normalized spacial score (nSPS) is 11.1. The minimum atomic E-state index is 0.780. The Labute approximate surface area is 144 Å². The van der Waals surface area contributed by atoms with Crippen molar-refractivity contribution in [3.63, 3.8) is 0 Å². The monoisotopic (exact) mass is 335 g/mol. The fraction of sp³-hybridized carbons (Fsp3) is 0.167. The molecule has 0 amide bonds. The van der Waals surface area contributed by atoms with E-state index in [1.165, 1.54) is 17.0 Å². The van der Waals surface area contributed by atoms with E-state index in [0.717, 1.165) is 27.5 Å². The number of nitrogens with one attached hydrogen (secondary N) is 1. The fourth-order valence-corrected chi connectivity index (χ4v) is 3.48. The van der Waals surface area contributed by atoms with Gasteiger partial charge < -0.3 is 9.88 Å². The van der Waals surface area contributed by atoms with Crippen molar-refractivity contribution in [2.45, 2.75) is 13.8 Å². The summed E-state index contributed by atoms with van der Waals surface area (Å²) in [7, 11) is 2.08. The molecule has 0 radical (unpaired) electrons. The van der Waals surface area contributed by atoms with Crippen molar-refractivity contribution in [2.75, 3.05) is 5.32 Å². The fourth-order valence-electron chi connectivity index (χ4n) is 2.78. The Bertz CT molecular complexity index is 1030. The minimum absolute atomic E-state index is 0.780. The number of aryl methyl sites for hydroxylation is 1. The Hall–Kier alpha value is -2.73. The van der Waals surface area contributed by atoms with E-state index in [1.807, 2.05) is 24.3 Å². The lowest BCUT2D eigenvalue weighted by atomic mass is 10.2. The molecule has 1 aromatic carbocycles. The van der Waals surface area contributed by atoms with E-state index in [9.17, 15) is 0 Å². The van der Waals surface area contributed by atoms with Crippen molar-refractivity contribution in [2.24, 2.45) is 7.05 Å². The highest BCUT2D eigenvalue weighted by Crippen LogP contribution is 2.31. The number of fused-ring (bicyclic) bond motifs is 1. The Balaban J connectivity index is 1.69. The predicted molar refractivity (Wildman–Crippen MR) is 98.8 cm³/mol. The first-order valence-electron chi connectivity index (χ1n) is 7.69. The van der Waals surface area contributed by atoms with E-state index >= 15 is 0 Å². The summed E-state index contributed by atoms with van der Waals surface area (Å²) in [4.78, 5) is 13.4. The van der Waals surface area contributed by atoms with Gasteiger partial charge in [0.2, 0.25) is 0 Å². The van der Waals surface area contributed by atoms with Gasteiger partial charge >= 0.3 is 0 Å². The highest BCUT2D eigenvalue weighted by atomic mass is 32.1. The van der Waals surface area contributed by atoms with Gasteiger partial charge in [0, 0.05) is 34.8 Å². The van der Waals surface area contributed by atoms with Crippen LogP contribution >= 0.6 is 11.3 Å². The summed E-state index contributed by atoms with van der Waals surface area (Å²) < 4.78 is 2.18. The Morgan fingerprint density at radius 2 is 1.96 bits per heavy atom. The van der Waals surface area contributed by atoms with Crippen LogP contribution < -0.4 is 5.32 Å². The van der Waals surface area contributed by atoms with Gasteiger partial charge in [-0.05, 0) is 32.0 Å². The summed E-state index contributed by atoms with van der Waals surface area (Å²) in [6.07, 6.45) is 1.57. The van der Waals surface area contributed by atoms with E-state index in [4.69, 9.17) is 4.98 Å². The molecule has 0 spiro atoms. The molecule has 0 atom stereocenters. The molecule has 0 unspecified atom stereocenters. The molecule has 0 aliphatic rings. The second-order valence-electron chi connectivity index (χ2n) is 5.75. The van der Waals surface area contributed by atoms with Gasteiger partial charge in [0.05, 0.1) is 11.2 Å². The van der Waals surface area contributed by atoms with Crippen LogP contribution in [0, 0.1) is 13.8 Å². The molecule has 4 aromatic rings. The van der Waals surface area contributed by atoms with Crippen LogP contribution in [0.3, 0.4) is 0 Å². The number of rotatable bonds is 3. The number of anilines is 2. The first kappa shape index (κ1) is 14.8. The number of thiazole rings is 1. The summed E-state index contributed by atoms with van der Waals surface area (Å²) in [5.41, 5.74) is 5.53. The van der Waals surface area contributed by atoms with Crippen LogP contribution in [-0.2, 0) is 7.05 Å². The summed E-state index contributed by atoms with van der Waals surface area (Å²) in [6.45, 7) is 4.22. The van der Waals surface area contributed by atoms with Crippen LogP contribution in [0.25, 0.3) is 22.2 Å². The van der Waals surface area contributed by atoms with Crippen LogP contribution in [0.5, 0.6) is 0 Å². The van der Waals surface area contributed by atoms with Crippen molar-refractivity contribution < 1.29 is 0 Å². The third-order valence-corrected chi connectivity index (χ3v) is 5.08. The standard InChI is InChI=1S/C18H17N5S/c1-11-8-14(12(2)23(11)3)16-9-24-18(21-16)22-17-13-6-4-5-7-15(13)19-10-20-17/h4-10H,1-3H3,(H,19,20,21,22). The number of para-hydroxylation sites is 1. The van der Waals surface area contributed by atoms with E-state index in [0.29, 0.717) is 0 Å².